The number of ether oxygens (including phenoxy) is 1. The van der Waals surface area contributed by atoms with Crippen LogP contribution in [0.1, 0.15) is 22.4 Å². The van der Waals surface area contributed by atoms with Crippen LogP contribution in [-0.4, -0.2) is 85.2 Å². The quantitative estimate of drug-likeness (QED) is 0.411. The molecule has 0 unspecified atom stereocenters. The Kier molecular flexibility index (Phi) is 6.38. The number of anilines is 1. The molecule has 12 nitrogen and oxygen atoms in total. The SMILES string of the molecule is CS(=O)(=O)ON1CC(=O)N(Cc2ccc3c(c2)/C(=C/c2cc(CN4CCOCC4)c[nH]2)C(=O)N3)C1=O. The van der Waals surface area contributed by atoms with Crippen LogP contribution in [0.3, 0.4) is 0 Å². The summed E-state index contributed by atoms with van der Waals surface area (Å²) in [6.45, 7) is 3.38. The number of carbonyl (C=O) groups is 3. The highest BCUT2D eigenvalue weighted by Crippen LogP contribution is 2.34. The number of aromatic amines is 1. The maximum Gasteiger partial charge on any atom is 0.352 e. The first-order valence-corrected chi connectivity index (χ1v) is 13.1. The van der Waals surface area contributed by atoms with Gasteiger partial charge in [0.1, 0.15) is 6.54 Å². The van der Waals surface area contributed by atoms with E-state index in [0.29, 0.717) is 27.5 Å². The summed E-state index contributed by atoms with van der Waals surface area (Å²) in [5.74, 6) is -0.846. The third-order valence-corrected chi connectivity index (χ3v) is 6.48. The number of fused-ring (bicyclic) bond motifs is 1. The Balaban J connectivity index is 1.33. The standard InChI is InChI=1S/C23H25N5O7S/c1-36(32,33)35-28-14-21(29)27(23(28)31)13-15-2-3-20-18(9-15)19(22(30)25-20)10-17-8-16(11-24-17)12-26-4-6-34-7-5-26/h2-3,8-11,24H,4-7,12-14H2,1H3,(H,25,30)/b19-10-. The van der Waals surface area contributed by atoms with Gasteiger partial charge in [-0.15, -0.1) is 4.28 Å². The first-order chi connectivity index (χ1) is 17.2. The van der Waals surface area contributed by atoms with Gasteiger partial charge in [-0.3, -0.25) is 19.4 Å². The number of H-pyrrole nitrogens is 1. The second-order valence-electron chi connectivity index (χ2n) is 8.82. The summed E-state index contributed by atoms with van der Waals surface area (Å²) in [4.78, 5) is 43.9. The fourth-order valence-electron chi connectivity index (χ4n) is 4.36. The van der Waals surface area contributed by atoms with Crippen molar-refractivity contribution in [3.05, 3.63) is 52.8 Å². The van der Waals surface area contributed by atoms with E-state index in [9.17, 15) is 22.8 Å². The fraction of sp³-hybridized carbons (Fsp3) is 0.348. The molecule has 2 N–H and O–H groups in total. The van der Waals surface area contributed by atoms with Crippen molar-refractivity contribution in [1.82, 2.24) is 19.8 Å². The Bertz CT molecular complexity index is 1360. The lowest BCUT2D eigenvalue weighted by Gasteiger charge is -2.25. The molecular formula is C23H25N5O7S. The molecule has 1 aromatic heterocycles. The number of rotatable bonds is 7. The fourth-order valence-corrected chi connectivity index (χ4v) is 4.80. The highest BCUT2D eigenvalue weighted by Gasteiger charge is 2.39. The molecule has 4 heterocycles. The largest absolute Gasteiger partial charge is 0.379 e. The molecule has 36 heavy (non-hydrogen) atoms. The van der Waals surface area contributed by atoms with Crippen LogP contribution in [0.5, 0.6) is 0 Å². The number of carbonyl (C=O) groups excluding carboxylic acids is 3. The lowest BCUT2D eigenvalue weighted by atomic mass is 10.0. The monoisotopic (exact) mass is 515 g/mol. The minimum absolute atomic E-state index is 0.0950. The molecule has 2 saturated heterocycles. The van der Waals surface area contributed by atoms with Gasteiger partial charge >= 0.3 is 6.03 Å². The predicted octanol–water partition coefficient (Wildman–Crippen LogP) is 0.995. The number of urea groups is 1. The van der Waals surface area contributed by atoms with E-state index >= 15 is 0 Å². The Morgan fingerprint density at radius 1 is 1.08 bits per heavy atom. The second-order valence-corrected chi connectivity index (χ2v) is 10.4. The molecule has 190 valence electrons. The zero-order chi connectivity index (χ0) is 25.4. The van der Waals surface area contributed by atoms with Crippen molar-refractivity contribution in [2.45, 2.75) is 13.1 Å². The average Bonchev–Trinajstić information content (AvgIpc) is 3.46. The molecule has 3 aliphatic rings. The van der Waals surface area contributed by atoms with Crippen molar-refractivity contribution in [1.29, 1.82) is 0 Å². The van der Waals surface area contributed by atoms with E-state index in [0.717, 1.165) is 55.3 Å². The van der Waals surface area contributed by atoms with E-state index < -0.39 is 28.6 Å². The normalized spacial score (nSPS) is 19.9. The number of amides is 4. The van der Waals surface area contributed by atoms with E-state index in [1.54, 1.807) is 24.3 Å². The van der Waals surface area contributed by atoms with Crippen LogP contribution in [0, 0.1) is 0 Å². The number of morpholine rings is 1. The first kappa shape index (κ1) is 24.2. The van der Waals surface area contributed by atoms with Gasteiger partial charge in [-0.2, -0.15) is 13.5 Å². The Labute approximate surface area is 207 Å². The number of nitrogens with zero attached hydrogens (tertiary/aromatic N) is 3. The molecule has 0 spiro atoms. The number of hydrogen-bond acceptors (Lipinski definition) is 8. The van der Waals surface area contributed by atoms with Gasteiger partial charge in [0.2, 0.25) is 0 Å². The maximum absolute atomic E-state index is 12.7. The maximum atomic E-state index is 12.7. The molecular weight excluding hydrogens is 490 g/mol. The van der Waals surface area contributed by atoms with Crippen LogP contribution in [0.15, 0.2) is 30.5 Å². The number of aromatic nitrogens is 1. The van der Waals surface area contributed by atoms with Crippen molar-refractivity contribution in [2.24, 2.45) is 0 Å². The molecule has 13 heteroatoms. The Morgan fingerprint density at radius 2 is 1.86 bits per heavy atom. The summed E-state index contributed by atoms with van der Waals surface area (Å²) in [5, 5.41) is 3.34. The van der Waals surface area contributed by atoms with Gasteiger partial charge in [-0.05, 0) is 35.4 Å². The molecule has 2 fully saturated rings. The molecule has 4 amide bonds. The van der Waals surface area contributed by atoms with Crippen LogP contribution in [-0.2, 0) is 41.8 Å². The number of hydrogen-bond donors (Lipinski definition) is 2. The van der Waals surface area contributed by atoms with Crippen molar-refractivity contribution < 1.29 is 31.8 Å². The van der Waals surface area contributed by atoms with E-state index in [1.807, 2.05) is 12.3 Å². The highest BCUT2D eigenvalue weighted by molar-refractivity contribution is 7.85. The molecule has 0 bridgehead atoms. The summed E-state index contributed by atoms with van der Waals surface area (Å²) < 4.78 is 32.7. The van der Waals surface area contributed by atoms with Crippen LogP contribution < -0.4 is 5.32 Å². The summed E-state index contributed by atoms with van der Waals surface area (Å²) in [6.07, 6.45) is 4.48. The van der Waals surface area contributed by atoms with Crippen LogP contribution in [0.4, 0.5) is 10.5 Å². The van der Waals surface area contributed by atoms with Gasteiger partial charge in [0, 0.05) is 42.8 Å². The predicted molar refractivity (Wildman–Crippen MR) is 128 cm³/mol. The van der Waals surface area contributed by atoms with Gasteiger partial charge in [-0.1, -0.05) is 6.07 Å². The molecule has 2 aromatic rings. The number of imide groups is 1. The molecule has 3 aliphatic heterocycles. The molecule has 0 saturated carbocycles. The number of hydroxylamine groups is 2. The van der Waals surface area contributed by atoms with Gasteiger partial charge in [0.25, 0.3) is 21.9 Å². The highest BCUT2D eigenvalue weighted by atomic mass is 32.2. The van der Waals surface area contributed by atoms with Crippen molar-refractivity contribution in [3.8, 4) is 0 Å². The number of nitrogens with one attached hydrogen (secondary N) is 2. The summed E-state index contributed by atoms with van der Waals surface area (Å²) in [7, 11) is -3.96. The summed E-state index contributed by atoms with van der Waals surface area (Å²) in [6, 6.07) is 6.26. The van der Waals surface area contributed by atoms with Crippen molar-refractivity contribution >= 4 is 45.3 Å². The molecule has 5 rings (SSSR count). The Hall–Kier alpha value is -3.52. The first-order valence-electron chi connectivity index (χ1n) is 11.3. The van der Waals surface area contributed by atoms with E-state index in [2.05, 4.69) is 19.5 Å². The minimum atomic E-state index is -3.96. The molecule has 0 aliphatic carbocycles. The third-order valence-electron chi connectivity index (χ3n) is 6.03. The summed E-state index contributed by atoms with van der Waals surface area (Å²) >= 11 is 0. The number of benzene rings is 1. The zero-order valence-corrected chi connectivity index (χ0v) is 20.3. The summed E-state index contributed by atoms with van der Waals surface area (Å²) in [5.41, 5.74) is 4.19. The Morgan fingerprint density at radius 3 is 2.61 bits per heavy atom. The minimum Gasteiger partial charge on any atom is -0.379 e. The van der Waals surface area contributed by atoms with Gasteiger partial charge < -0.3 is 15.0 Å². The van der Waals surface area contributed by atoms with E-state index in [-0.39, 0.29) is 12.5 Å². The lowest BCUT2D eigenvalue weighted by Crippen LogP contribution is -2.35. The van der Waals surface area contributed by atoms with Gasteiger partial charge in [0.15, 0.2) is 0 Å². The van der Waals surface area contributed by atoms with E-state index in [4.69, 9.17) is 4.74 Å². The average molecular weight is 516 g/mol. The second kappa shape index (κ2) is 9.50. The van der Waals surface area contributed by atoms with Crippen molar-refractivity contribution in [2.75, 3.05) is 44.4 Å². The zero-order valence-electron chi connectivity index (χ0n) is 19.5. The topological polar surface area (TPSA) is 141 Å². The smallest absolute Gasteiger partial charge is 0.352 e. The van der Waals surface area contributed by atoms with Crippen LogP contribution >= 0.6 is 0 Å². The van der Waals surface area contributed by atoms with Crippen LogP contribution in [0.2, 0.25) is 0 Å². The lowest BCUT2D eigenvalue weighted by molar-refractivity contribution is -0.126. The van der Waals surface area contributed by atoms with Crippen molar-refractivity contribution in [3.63, 3.8) is 0 Å². The van der Waals surface area contributed by atoms with Crippen LogP contribution in [0.25, 0.3) is 11.6 Å². The third kappa shape index (κ3) is 5.18. The van der Waals surface area contributed by atoms with Gasteiger partial charge in [-0.25, -0.2) is 4.79 Å². The van der Waals surface area contributed by atoms with E-state index in [1.165, 1.54) is 0 Å². The molecule has 0 radical (unpaired) electrons. The molecule has 0 atom stereocenters. The molecule has 1 aromatic carbocycles. The van der Waals surface area contributed by atoms with Gasteiger partial charge in [0.05, 0.1) is 31.6 Å².